The van der Waals surface area contributed by atoms with E-state index in [1.165, 1.54) is 0 Å². The molecule has 2 amide bonds. The Hall–Kier alpha value is -1.88. The van der Waals surface area contributed by atoms with Crippen LogP contribution in [0.1, 0.15) is 24.0 Å². The second-order valence-electron chi connectivity index (χ2n) is 5.23. The molecule has 0 aliphatic carbocycles. The summed E-state index contributed by atoms with van der Waals surface area (Å²) in [5, 5.41) is 2.87. The van der Waals surface area contributed by atoms with Crippen LogP contribution in [-0.2, 0) is 27.4 Å². The molecule has 2 aliphatic rings. The summed E-state index contributed by atoms with van der Waals surface area (Å²) < 4.78 is 4.95. The molecule has 0 spiro atoms. The predicted molar refractivity (Wildman–Crippen MR) is 72.7 cm³/mol. The Balaban J connectivity index is 1.64. The van der Waals surface area contributed by atoms with Gasteiger partial charge in [0.05, 0.1) is 6.61 Å². The summed E-state index contributed by atoms with van der Waals surface area (Å²) >= 11 is 0. The first kappa shape index (κ1) is 13.1. The number of epoxide rings is 1. The molecule has 106 valence electrons. The third-order valence-corrected chi connectivity index (χ3v) is 3.73. The van der Waals surface area contributed by atoms with Gasteiger partial charge in [-0.2, -0.15) is 0 Å². The zero-order chi connectivity index (χ0) is 13.9. The molecular formula is C15H18N2O3. The average Bonchev–Trinajstić information content (AvgIpc) is 3.23. The van der Waals surface area contributed by atoms with Crippen molar-refractivity contribution >= 4 is 11.8 Å². The van der Waals surface area contributed by atoms with Crippen molar-refractivity contribution < 1.29 is 14.3 Å². The van der Waals surface area contributed by atoms with Gasteiger partial charge in [-0.3, -0.25) is 9.59 Å². The Morgan fingerprint density at radius 2 is 2.10 bits per heavy atom. The molecular weight excluding hydrogens is 256 g/mol. The van der Waals surface area contributed by atoms with E-state index in [-0.39, 0.29) is 17.9 Å². The van der Waals surface area contributed by atoms with E-state index in [1.807, 2.05) is 29.2 Å². The normalized spacial score (nSPS) is 21.1. The van der Waals surface area contributed by atoms with Gasteiger partial charge in [-0.25, -0.2) is 0 Å². The summed E-state index contributed by atoms with van der Waals surface area (Å²) in [6, 6.07) is 7.92. The fourth-order valence-electron chi connectivity index (χ4n) is 2.46. The highest BCUT2D eigenvalue weighted by molar-refractivity contribution is 5.82. The number of amides is 2. The molecule has 5 heteroatoms. The van der Waals surface area contributed by atoms with Crippen molar-refractivity contribution in [2.24, 2.45) is 0 Å². The number of ether oxygens (including phenoxy) is 1. The van der Waals surface area contributed by atoms with E-state index in [1.54, 1.807) is 0 Å². The highest BCUT2D eigenvalue weighted by Crippen LogP contribution is 2.17. The summed E-state index contributed by atoms with van der Waals surface area (Å²) in [4.78, 5) is 25.2. The quantitative estimate of drug-likeness (QED) is 0.809. The third kappa shape index (κ3) is 2.99. The first-order valence-electron chi connectivity index (χ1n) is 6.98. The SMILES string of the molecule is O=C(NCc1ccccc1CN1CCCC1=O)C1CO1. The smallest absolute Gasteiger partial charge is 0.251 e. The van der Waals surface area contributed by atoms with Crippen LogP contribution in [0.5, 0.6) is 0 Å². The molecule has 1 aromatic rings. The second kappa shape index (κ2) is 5.63. The topological polar surface area (TPSA) is 61.9 Å². The molecule has 20 heavy (non-hydrogen) atoms. The lowest BCUT2D eigenvalue weighted by Gasteiger charge is -2.18. The first-order valence-corrected chi connectivity index (χ1v) is 6.98. The Morgan fingerprint density at radius 1 is 1.35 bits per heavy atom. The number of hydrogen-bond donors (Lipinski definition) is 1. The predicted octanol–water partition coefficient (Wildman–Crippen LogP) is 0.824. The zero-order valence-electron chi connectivity index (χ0n) is 11.3. The molecule has 2 heterocycles. The molecule has 0 saturated carbocycles. The van der Waals surface area contributed by atoms with E-state index in [0.29, 0.717) is 26.1 Å². The van der Waals surface area contributed by atoms with E-state index >= 15 is 0 Å². The van der Waals surface area contributed by atoms with Crippen molar-refractivity contribution in [3.63, 3.8) is 0 Å². The van der Waals surface area contributed by atoms with Crippen molar-refractivity contribution in [2.45, 2.75) is 32.0 Å². The molecule has 1 unspecified atom stereocenters. The second-order valence-corrected chi connectivity index (χ2v) is 5.23. The number of nitrogens with one attached hydrogen (secondary N) is 1. The fraction of sp³-hybridized carbons (Fsp3) is 0.467. The molecule has 0 aromatic heterocycles. The van der Waals surface area contributed by atoms with Crippen LogP contribution in [0.15, 0.2) is 24.3 Å². The lowest BCUT2D eigenvalue weighted by Crippen LogP contribution is -2.29. The van der Waals surface area contributed by atoms with Gasteiger partial charge >= 0.3 is 0 Å². The molecule has 0 bridgehead atoms. The standard InChI is InChI=1S/C15H18N2O3/c18-14-6-3-7-17(14)9-12-5-2-1-4-11(12)8-16-15(19)13-10-20-13/h1-2,4-5,13H,3,6-10H2,(H,16,19). The highest BCUT2D eigenvalue weighted by atomic mass is 16.6. The molecule has 0 radical (unpaired) electrons. The molecule has 1 aromatic carbocycles. The van der Waals surface area contributed by atoms with Crippen LogP contribution >= 0.6 is 0 Å². The Kier molecular flexibility index (Phi) is 3.69. The largest absolute Gasteiger partial charge is 0.363 e. The van der Waals surface area contributed by atoms with Gasteiger partial charge < -0.3 is 15.0 Å². The third-order valence-electron chi connectivity index (χ3n) is 3.73. The van der Waals surface area contributed by atoms with Crippen LogP contribution < -0.4 is 5.32 Å². The molecule has 2 saturated heterocycles. The summed E-state index contributed by atoms with van der Waals surface area (Å²) in [6.07, 6.45) is 1.33. The van der Waals surface area contributed by atoms with Crippen molar-refractivity contribution in [2.75, 3.05) is 13.2 Å². The first-order chi connectivity index (χ1) is 9.74. The van der Waals surface area contributed by atoms with Gasteiger partial charge in [0.2, 0.25) is 5.91 Å². The minimum Gasteiger partial charge on any atom is -0.363 e. The molecule has 3 rings (SSSR count). The summed E-state index contributed by atoms with van der Waals surface area (Å²) in [5.74, 6) is 0.160. The minimum absolute atomic E-state index is 0.0583. The number of benzene rings is 1. The van der Waals surface area contributed by atoms with Gasteiger partial charge in [0, 0.05) is 26.1 Å². The van der Waals surface area contributed by atoms with Crippen LogP contribution in [0.3, 0.4) is 0 Å². The molecule has 1 atom stereocenters. The van der Waals surface area contributed by atoms with E-state index in [9.17, 15) is 9.59 Å². The number of hydrogen-bond acceptors (Lipinski definition) is 3. The molecule has 5 nitrogen and oxygen atoms in total. The van der Waals surface area contributed by atoms with E-state index in [4.69, 9.17) is 4.74 Å². The van der Waals surface area contributed by atoms with Gasteiger partial charge in [0.15, 0.2) is 6.10 Å². The van der Waals surface area contributed by atoms with E-state index in [2.05, 4.69) is 5.32 Å². The summed E-state index contributed by atoms with van der Waals surface area (Å²) in [5.41, 5.74) is 2.15. The number of rotatable bonds is 5. The monoisotopic (exact) mass is 274 g/mol. The van der Waals surface area contributed by atoms with Crippen LogP contribution in [-0.4, -0.2) is 36.0 Å². The maximum Gasteiger partial charge on any atom is 0.251 e. The van der Waals surface area contributed by atoms with E-state index in [0.717, 1.165) is 24.1 Å². The van der Waals surface area contributed by atoms with Crippen molar-refractivity contribution in [1.82, 2.24) is 10.2 Å². The van der Waals surface area contributed by atoms with Crippen LogP contribution in [0.4, 0.5) is 0 Å². The maximum absolute atomic E-state index is 11.7. The molecule has 2 fully saturated rings. The maximum atomic E-state index is 11.7. The van der Waals surface area contributed by atoms with Crippen molar-refractivity contribution in [1.29, 1.82) is 0 Å². The highest BCUT2D eigenvalue weighted by Gasteiger charge is 2.31. The van der Waals surface area contributed by atoms with Crippen molar-refractivity contribution in [3.8, 4) is 0 Å². The fourth-order valence-corrected chi connectivity index (χ4v) is 2.46. The van der Waals surface area contributed by atoms with Gasteiger partial charge in [0.25, 0.3) is 5.91 Å². The van der Waals surface area contributed by atoms with Crippen molar-refractivity contribution in [3.05, 3.63) is 35.4 Å². The van der Waals surface area contributed by atoms with Gasteiger partial charge in [-0.05, 0) is 17.5 Å². The number of carbonyl (C=O) groups excluding carboxylic acids is 2. The van der Waals surface area contributed by atoms with Gasteiger partial charge in [0.1, 0.15) is 0 Å². The summed E-state index contributed by atoms with van der Waals surface area (Å²) in [6.45, 7) is 2.47. The number of nitrogens with zero attached hydrogens (tertiary/aromatic N) is 1. The number of carbonyl (C=O) groups is 2. The zero-order valence-corrected chi connectivity index (χ0v) is 11.3. The number of likely N-dealkylation sites (tertiary alicyclic amines) is 1. The Labute approximate surface area is 117 Å². The van der Waals surface area contributed by atoms with Crippen LogP contribution in [0.25, 0.3) is 0 Å². The minimum atomic E-state index is -0.262. The summed E-state index contributed by atoms with van der Waals surface area (Å²) in [7, 11) is 0. The van der Waals surface area contributed by atoms with Crippen LogP contribution in [0, 0.1) is 0 Å². The Bertz CT molecular complexity index is 526. The lowest BCUT2D eigenvalue weighted by atomic mass is 10.1. The van der Waals surface area contributed by atoms with E-state index < -0.39 is 0 Å². The lowest BCUT2D eigenvalue weighted by molar-refractivity contribution is -0.128. The molecule has 1 N–H and O–H groups in total. The average molecular weight is 274 g/mol. The molecule has 2 aliphatic heterocycles. The van der Waals surface area contributed by atoms with Gasteiger partial charge in [-0.15, -0.1) is 0 Å². The Morgan fingerprint density at radius 3 is 2.75 bits per heavy atom. The van der Waals surface area contributed by atoms with Gasteiger partial charge in [-0.1, -0.05) is 24.3 Å². The van der Waals surface area contributed by atoms with Crippen LogP contribution in [0.2, 0.25) is 0 Å².